The highest BCUT2D eigenvalue weighted by Gasteiger charge is 2.28. The van der Waals surface area contributed by atoms with Crippen molar-refractivity contribution in [2.75, 3.05) is 26.2 Å². The van der Waals surface area contributed by atoms with Crippen molar-refractivity contribution in [3.63, 3.8) is 0 Å². The second kappa shape index (κ2) is 11.5. The van der Waals surface area contributed by atoms with Gasteiger partial charge in [-0.25, -0.2) is 4.98 Å². The van der Waals surface area contributed by atoms with E-state index in [2.05, 4.69) is 22.0 Å². The largest absolute Gasteiger partial charge is 0.491 e. The molecule has 1 aliphatic carbocycles. The number of hydrogen-bond acceptors (Lipinski definition) is 5. The highest BCUT2D eigenvalue weighted by Crippen LogP contribution is 2.30. The third kappa shape index (κ3) is 6.36. The van der Waals surface area contributed by atoms with E-state index in [-0.39, 0.29) is 17.9 Å². The number of hydrogen-bond donors (Lipinski definition) is 0. The van der Waals surface area contributed by atoms with Crippen LogP contribution in [0.15, 0.2) is 36.1 Å². The normalized spacial score (nSPS) is 24.8. The van der Waals surface area contributed by atoms with Crippen LogP contribution in [0.4, 0.5) is 0 Å². The lowest BCUT2D eigenvalue weighted by molar-refractivity contribution is 0.0760. The lowest BCUT2D eigenvalue weighted by Crippen LogP contribution is -2.37. The molecule has 0 saturated carbocycles. The van der Waals surface area contributed by atoms with Crippen LogP contribution in [-0.4, -0.2) is 59.0 Å². The van der Waals surface area contributed by atoms with Crippen LogP contribution in [-0.2, 0) is 4.74 Å². The maximum Gasteiger partial charge on any atom is 0.265 e. The number of ether oxygens (including phenoxy) is 1. The summed E-state index contributed by atoms with van der Waals surface area (Å²) in [4.78, 5) is 23.8. The third-order valence-corrected chi connectivity index (χ3v) is 8.10. The fourth-order valence-electron chi connectivity index (χ4n) is 5.11. The van der Waals surface area contributed by atoms with Crippen LogP contribution in [0.2, 0.25) is 0 Å². The Morgan fingerprint density at radius 1 is 1.06 bits per heavy atom. The maximum absolute atomic E-state index is 13.5. The minimum Gasteiger partial charge on any atom is -0.491 e. The topological polar surface area (TPSA) is 45.7 Å². The molecule has 2 aliphatic heterocycles. The summed E-state index contributed by atoms with van der Waals surface area (Å²) in [5, 5.41) is 0.972. The molecule has 0 radical (unpaired) electrons. The summed E-state index contributed by atoms with van der Waals surface area (Å²) in [6.45, 7) is 10.2. The minimum atomic E-state index is 0.0660. The fourth-order valence-corrected chi connectivity index (χ4v) is 6.21. The van der Waals surface area contributed by atoms with Crippen LogP contribution < -0.4 is 0 Å². The molecule has 180 valence electrons. The molecule has 0 bridgehead atoms. The number of thiazole rings is 1. The number of allylic oxidation sites excluding steroid dienone is 5. The highest BCUT2D eigenvalue weighted by atomic mass is 32.1. The summed E-state index contributed by atoms with van der Waals surface area (Å²) >= 11 is 1.55. The molecule has 1 aromatic heterocycles. The monoisotopic (exact) mass is 469 g/mol. The Hall–Kier alpha value is -1.92. The van der Waals surface area contributed by atoms with Gasteiger partial charge in [-0.2, -0.15) is 0 Å². The predicted octanol–water partition coefficient (Wildman–Crippen LogP) is 5.84. The summed E-state index contributed by atoms with van der Waals surface area (Å²) in [5.41, 5.74) is 0.853. The highest BCUT2D eigenvalue weighted by molar-refractivity contribution is 7.14. The van der Waals surface area contributed by atoms with Crippen molar-refractivity contribution in [2.45, 2.75) is 83.8 Å². The van der Waals surface area contributed by atoms with Crippen LogP contribution in [0.3, 0.4) is 0 Å². The first-order valence-corrected chi connectivity index (χ1v) is 13.6. The first kappa shape index (κ1) is 24.2. The van der Waals surface area contributed by atoms with Gasteiger partial charge in [0.15, 0.2) is 0 Å². The van der Waals surface area contributed by atoms with Gasteiger partial charge in [-0.1, -0.05) is 31.1 Å². The van der Waals surface area contributed by atoms with Crippen molar-refractivity contribution in [1.82, 2.24) is 14.8 Å². The minimum absolute atomic E-state index is 0.0660. The molecular weight excluding hydrogens is 430 g/mol. The number of carbonyl (C=O) groups excluding carboxylic acids is 1. The molecule has 4 rings (SSSR count). The first-order chi connectivity index (χ1) is 16.0. The molecule has 1 amide bonds. The fraction of sp³-hybridized carbons (Fsp3) is 0.630. The maximum atomic E-state index is 13.5. The third-order valence-electron chi connectivity index (χ3n) is 6.85. The molecule has 33 heavy (non-hydrogen) atoms. The molecule has 2 fully saturated rings. The molecule has 0 N–H and O–H groups in total. The van der Waals surface area contributed by atoms with Crippen LogP contribution >= 0.6 is 11.3 Å². The number of amides is 1. The van der Waals surface area contributed by atoms with E-state index in [1.54, 1.807) is 11.3 Å². The second-order valence-electron chi connectivity index (χ2n) is 9.80. The number of aromatic nitrogens is 1. The van der Waals surface area contributed by atoms with Crippen LogP contribution in [0, 0.1) is 6.92 Å². The van der Waals surface area contributed by atoms with Gasteiger partial charge in [0.25, 0.3) is 5.91 Å². The molecule has 6 heteroatoms. The van der Waals surface area contributed by atoms with Crippen molar-refractivity contribution in [1.29, 1.82) is 0 Å². The predicted molar refractivity (Wildman–Crippen MR) is 136 cm³/mol. The Balaban J connectivity index is 1.40. The zero-order valence-electron chi connectivity index (χ0n) is 20.5. The van der Waals surface area contributed by atoms with Crippen molar-refractivity contribution in [3.05, 3.63) is 51.7 Å². The number of likely N-dealkylation sites (tertiary alicyclic amines) is 2. The Morgan fingerprint density at radius 2 is 1.85 bits per heavy atom. The van der Waals surface area contributed by atoms with E-state index < -0.39 is 0 Å². The summed E-state index contributed by atoms with van der Waals surface area (Å²) in [6, 6.07) is 0.634. The molecule has 3 aliphatic rings. The van der Waals surface area contributed by atoms with E-state index in [4.69, 9.17) is 9.72 Å². The number of nitrogens with zero attached hydrogens (tertiary/aromatic N) is 3. The summed E-state index contributed by atoms with van der Waals surface area (Å²) < 4.78 is 5.81. The quantitative estimate of drug-likeness (QED) is 0.543. The Morgan fingerprint density at radius 3 is 2.61 bits per heavy atom. The van der Waals surface area contributed by atoms with Gasteiger partial charge in [-0.3, -0.25) is 4.79 Å². The molecule has 2 atom stereocenters. The second-order valence-corrected chi connectivity index (χ2v) is 10.8. The van der Waals surface area contributed by atoms with Gasteiger partial charge in [0.1, 0.15) is 15.6 Å². The van der Waals surface area contributed by atoms with Gasteiger partial charge >= 0.3 is 0 Å². The van der Waals surface area contributed by atoms with E-state index in [0.717, 1.165) is 47.3 Å². The molecule has 0 aromatic carbocycles. The molecule has 5 nitrogen and oxygen atoms in total. The average molecular weight is 470 g/mol. The number of aryl methyl sites for hydroxylation is 1. The lowest BCUT2D eigenvalue weighted by atomic mass is 10.1. The zero-order valence-corrected chi connectivity index (χ0v) is 21.3. The Kier molecular flexibility index (Phi) is 8.42. The number of rotatable bonds is 5. The molecule has 2 unspecified atom stereocenters. The van der Waals surface area contributed by atoms with Gasteiger partial charge in [0.2, 0.25) is 0 Å². The summed E-state index contributed by atoms with van der Waals surface area (Å²) in [5.74, 6) is 1.09. The van der Waals surface area contributed by atoms with Gasteiger partial charge in [0.05, 0.1) is 11.8 Å². The average Bonchev–Trinajstić information content (AvgIpc) is 3.08. The zero-order chi connectivity index (χ0) is 23.2. The molecule has 3 heterocycles. The summed E-state index contributed by atoms with van der Waals surface area (Å²) in [6.07, 6.45) is 19.2. The molecule has 2 saturated heterocycles. The molecule has 0 spiro atoms. The van der Waals surface area contributed by atoms with Crippen LogP contribution in [0.25, 0.3) is 0 Å². The first-order valence-electron chi connectivity index (χ1n) is 12.8. The smallest absolute Gasteiger partial charge is 0.265 e. The van der Waals surface area contributed by atoms with Crippen LogP contribution in [0.5, 0.6) is 0 Å². The van der Waals surface area contributed by atoms with Crippen molar-refractivity contribution >= 4 is 17.2 Å². The van der Waals surface area contributed by atoms with E-state index in [1.807, 2.05) is 39.0 Å². The van der Waals surface area contributed by atoms with Crippen molar-refractivity contribution in [2.24, 2.45) is 0 Å². The van der Waals surface area contributed by atoms with Gasteiger partial charge in [-0.15, -0.1) is 11.3 Å². The van der Waals surface area contributed by atoms with Crippen LogP contribution in [0.1, 0.15) is 85.1 Å². The van der Waals surface area contributed by atoms with E-state index in [9.17, 15) is 4.79 Å². The number of carbonyl (C=O) groups is 1. The lowest BCUT2D eigenvalue weighted by Gasteiger charge is -2.29. The standard InChI is InChI=1S/C27H39N3O2S/c1-20(2)32-24-12-8-10-22(13-14-24)26-28-21(3)25(33-26)27(31)30-18-9-11-23(15-19-30)29-16-6-4-5-7-17-29/h8,10,12-14,20,22-23H,4-7,9,11,15-19H2,1-3H3. The van der Waals surface area contributed by atoms with E-state index in [1.165, 1.54) is 45.2 Å². The van der Waals surface area contributed by atoms with E-state index >= 15 is 0 Å². The van der Waals surface area contributed by atoms with E-state index in [0.29, 0.717) is 6.04 Å². The van der Waals surface area contributed by atoms with Gasteiger partial charge < -0.3 is 14.5 Å². The van der Waals surface area contributed by atoms with Gasteiger partial charge in [0, 0.05) is 25.0 Å². The Bertz CT molecular complexity index is 893. The van der Waals surface area contributed by atoms with Crippen molar-refractivity contribution < 1.29 is 9.53 Å². The SMILES string of the molecule is Cc1nc(C2C=CC=C(OC(C)C)C=C2)sc1C(=O)N1CCCC(N2CCCCCC2)CC1. The molecular formula is C27H39N3O2S. The Labute approximate surface area is 203 Å². The molecule has 1 aromatic rings. The van der Waals surface area contributed by atoms with Gasteiger partial charge in [-0.05, 0) is 78.1 Å². The van der Waals surface area contributed by atoms with Crippen molar-refractivity contribution in [3.8, 4) is 0 Å². The summed E-state index contributed by atoms with van der Waals surface area (Å²) in [7, 11) is 0.